The number of carbonyl (C=O) groups is 1. The summed E-state index contributed by atoms with van der Waals surface area (Å²) in [7, 11) is 3.42. The second-order valence-corrected chi connectivity index (χ2v) is 6.62. The minimum atomic E-state index is -0.520. The van der Waals surface area contributed by atoms with Crippen molar-refractivity contribution in [3.8, 4) is 5.75 Å². The number of carbonyl (C=O) groups excluding carboxylic acids is 1. The van der Waals surface area contributed by atoms with Crippen molar-refractivity contribution in [1.82, 2.24) is 10.2 Å². The van der Waals surface area contributed by atoms with Crippen molar-refractivity contribution < 1.29 is 14.5 Å². The Labute approximate surface area is 166 Å². The van der Waals surface area contributed by atoms with Gasteiger partial charge in [0.15, 0.2) is 0 Å². The molecule has 1 heterocycles. The number of hydrogen-bond acceptors (Lipinski definition) is 6. The molecule has 0 bridgehead atoms. The Morgan fingerprint density at radius 1 is 1.37 bits per heavy atom. The second kappa shape index (κ2) is 11.7. The number of nitrogens with zero attached hydrogens (tertiary/aromatic N) is 2. The average Bonchev–Trinajstić information content (AvgIpc) is 2.65. The molecule has 0 spiro atoms. The Hall–Kier alpha value is -1.90. The van der Waals surface area contributed by atoms with E-state index < -0.39 is 4.92 Å². The van der Waals surface area contributed by atoms with E-state index in [4.69, 9.17) is 4.74 Å². The molecule has 0 aromatic heterocycles. The Bertz CT molecular complexity index is 621. The SMILES string of the molecule is CNCCC1CCN(CCC(=O)Nc2ccc(OC)cc2[N+](=O)[O-])CC1.Cl. The van der Waals surface area contributed by atoms with Crippen LogP contribution in [0.2, 0.25) is 0 Å². The molecule has 1 aromatic rings. The van der Waals surface area contributed by atoms with E-state index in [1.807, 2.05) is 7.05 Å². The molecule has 0 unspecified atom stereocenters. The van der Waals surface area contributed by atoms with Gasteiger partial charge < -0.3 is 20.3 Å². The topological polar surface area (TPSA) is 96.7 Å². The maximum atomic E-state index is 12.2. The summed E-state index contributed by atoms with van der Waals surface area (Å²) < 4.78 is 5.00. The Balaban J connectivity index is 0.00000364. The van der Waals surface area contributed by atoms with Crippen LogP contribution in [0.4, 0.5) is 11.4 Å². The number of amides is 1. The van der Waals surface area contributed by atoms with E-state index >= 15 is 0 Å². The summed E-state index contributed by atoms with van der Waals surface area (Å²) in [5.41, 5.74) is 0.0367. The summed E-state index contributed by atoms with van der Waals surface area (Å²) in [5, 5.41) is 17.0. The molecule has 2 rings (SSSR count). The molecule has 152 valence electrons. The molecule has 0 saturated carbocycles. The summed E-state index contributed by atoms with van der Waals surface area (Å²) in [6, 6.07) is 4.41. The van der Waals surface area contributed by atoms with Crippen molar-refractivity contribution in [3.63, 3.8) is 0 Å². The Morgan fingerprint density at radius 3 is 2.67 bits per heavy atom. The molecule has 1 amide bonds. The third-order valence-corrected chi connectivity index (χ3v) is 4.84. The van der Waals surface area contributed by atoms with Gasteiger partial charge in [0, 0.05) is 13.0 Å². The van der Waals surface area contributed by atoms with Gasteiger partial charge in [-0.15, -0.1) is 12.4 Å². The zero-order chi connectivity index (χ0) is 18.9. The molecule has 2 N–H and O–H groups in total. The molecule has 0 radical (unpaired) electrons. The Morgan fingerprint density at radius 2 is 2.07 bits per heavy atom. The standard InChI is InChI=1S/C18H28N4O4.ClH/c1-19-9-5-14-6-10-21(11-7-14)12-8-18(23)20-16-4-3-15(26-2)13-17(16)22(24)25;/h3-4,13-14,19H,5-12H2,1-2H3,(H,20,23);1H. The maximum absolute atomic E-state index is 12.2. The lowest BCUT2D eigenvalue weighted by Gasteiger charge is -2.31. The van der Waals surface area contributed by atoms with E-state index in [1.165, 1.54) is 25.7 Å². The number of methoxy groups -OCH3 is 1. The van der Waals surface area contributed by atoms with Crippen molar-refractivity contribution in [3.05, 3.63) is 28.3 Å². The molecular formula is C18H29ClN4O4. The van der Waals surface area contributed by atoms with Gasteiger partial charge >= 0.3 is 0 Å². The summed E-state index contributed by atoms with van der Waals surface area (Å²) in [4.78, 5) is 25.1. The van der Waals surface area contributed by atoms with Crippen LogP contribution in [0.5, 0.6) is 5.75 Å². The number of anilines is 1. The molecule has 1 aromatic carbocycles. The van der Waals surface area contributed by atoms with Crippen LogP contribution in [0.25, 0.3) is 0 Å². The molecule has 1 aliphatic heterocycles. The first-order valence-corrected chi connectivity index (χ1v) is 9.02. The summed E-state index contributed by atoms with van der Waals surface area (Å²) in [6.45, 7) is 3.73. The summed E-state index contributed by atoms with van der Waals surface area (Å²) >= 11 is 0. The fourth-order valence-corrected chi connectivity index (χ4v) is 3.21. The lowest BCUT2D eigenvalue weighted by molar-refractivity contribution is -0.384. The van der Waals surface area contributed by atoms with E-state index in [1.54, 1.807) is 6.07 Å². The molecule has 1 fully saturated rings. The fourth-order valence-electron chi connectivity index (χ4n) is 3.21. The molecule has 1 aliphatic rings. The van der Waals surface area contributed by atoms with Crippen LogP contribution in [0, 0.1) is 16.0 Å². The molecule has 1 saturated heterocycles. The van der Waals surface area contributed by atoms with Gasteiger partial charge in [-0.25, -0.2) is 0 Å². The van der Waals surface area contributed by atoms with Gasteiger partial charge in [0.25, 0.3) is 5.69 Å². The van der Waals surface area contributed by atoms with Crippen LogP contribution in [0.1, 0.15) is 25.7 Å². The first-order valence-electron chi connectivity index (χ1n) is 9.02. The zero-order valence-electron chi connectivity index (χ0n) is 15.9. The maximum Gasteiger partial charge on any atom is 0.296 e. The molecular weight excluding hydrogens is 372 g/mol. The van der Waals surface area contributed by atoms with Crippen molar-refractivity contribution >= 4 is 29.7 Å². The number of nitro groups is 1. The molecule has 0 atom stereocenters. The zero-order valence-corrected chi connectivity index (χ0v) is 16.7. The lowest BCUT2D eigenvalue weighted by Crippen LogP contribution is -2.36. The van der Waals surface area contributed by atoms with E-state index in [2.05, 4.69) is 15.5 Å². The monoisotopic (exact) mass is 400 g/mol. The number of piperidine rings is 1. The molecule has 8 nitrogen and oxygen atoms in total. The first kappa shape index (κ1) is 23.1. The van der Waals surface area contributed by atoms with Crippen LogP contribution in [0.15, 0.2) is 18.2 Å². The van der Waals surface area contributed by atoms with Gasteiger partial charge in [0.1, 0.15) is 11.4 Å². The number of rotatable bonds is 9. The quantitative estimate of drug-likeness (QED) is 0.488. The highest BCUT2D eigenvalue weighted by atomic mass is 35.5. The first-order chi connectivity index (χ1) is 12.5. The lowest BCUT2D eigenvalue weighted by atomic mass is 9.93. The van der Waals surface area contributed by atoms with E-state index in [-0.39, 0.29) is 29.7 Å². The highest BCUT2D eigenvalue weighted by molar-refractivity contribution is 5.93. The van der Waals surface area contributed by atoms with Crippen LogP contribution in [-0.2, 0) is 4.79 Å². The second-order valence-electron chi connectivity index (χ2n) is 6.62. The minimum Gasteiger partial charge on any atom is -0.496 e. The number of benzene rings is 1. The normalized spacial score (nSPS) is 15.0. The number of nitrogens with one attached hydrogen (secondary N) is 2. The number of ether oxygens (including phenoxy) is 1. The predicted molar refractivity (Wildman–Crippen MR) is 108 cm³/mol. The number of nitro benzene ring substituents is 1. The van der Waals surface area contributed by atoms with E-state index in [0.29, 0.717) is 18.7 Å². The Kier molecular flexibility index (Phi) is 10.1. The highest BCUT2D eigenvalue weighted by Gasteiger charge is 2.20. The third kappa shape index (κ3) is 7.32. The van der Waals surface area contributed by atoms with Crippen LogP contribution in [-0.4, -0.2) is 56.1 Å². The molecule has 0 aliphatic carbocycles. The van der Waals surface area contributed by atoms with E-state index in [0.717, 1.165) is 38.4 Å². The van der Waals surface area contributed by atoms with E-state index in [9.17, 15) is 14.9 Å². The minimum absolute atomic E-state index is 0. The highest BCUT2D eigenvalue weighted by Crippen LogP contribution is 2.29. The summed E-state index contributed by atoms with van der Waals surface area (Å²) in [6.07, 6.45) is 3.84. The van der Waals surface area contributed by atoms with Crippen molar-refractivity contribution in [2.24, 2.45) is 5.92 Å². The van der Waals surface area contributed by atoms with Gasteiger partial charge in [0.05, 0.1) is 18.1 Å². The van der Waals surface area contributed by atoms with Crippen LogP contribution in [0.3, 0.4) is 0 Å². The predicted octanol–water partition coefficient (Wildman–Crippen LogP) is 2.68. The smallest absolute Gasteiger partial charge is 0.296 e. The van der Waals surface area contributed by atoms with Gasteiger partial charge in [-0.1, -0.05) is 0 Å². The fraction of sp³-hybridized carbons (Fsp3) is 0.611. The largest absolute Gasteiger partial charge is 0.496 e. The van der Waals surface area contributed by atoms with Gasteiger partial charge in [0.2, 0.25) is 5.91 Å². The number of hydrogen-bond donors (Lipinski definition) is 2. The number of likely N-dealkylation sites (tertiary alicyclic amines) is 1. The number of halogens is 1. The van der Waals surface area contributed by atoms with Gasteiger partial charge in [-0.2, -0.15) is 0 Å². The third-order valence-electron chi connectivity index (χ3n) is 4.84. The summed E-state index contributed by atoms with van der Waals surface area (Å²) in [5.74, 6) is 0.931. The molecule has 27 heavy (non-hydrogen) atoms. The van der Waals surface area contributed by atoms with Crippen molar-refractivity contribution in [1.29, 1.82) is 0 Å². The van der Waals surface area contributed by atoms with Crippen molar-refractivity contribution in [2.45, 2.75) is 25.7 Å². The van der Waals surface area contributed by atoms with Gasteiger partial charge in [-0.05, 0) is 64.0 Å². The average molecular weight is 401 g/mol. The van der Waals surface area contributed by atoms with Gasteiger partial charge in [-0.3, -0.25) is 14.9 Å². The molecule has 9 heteroatoms. The van der Waals surface area contributed by atoms with Crippen LogP contribution >= 0.6 is 12.4 Å². The van der Waals surface area contributed by atoms with Crippen molar-refractivity contribution in [2.75, 3.05) is 45.7 Å². The van der Waals surface area contributed by atoms with Crippen LogP contribution < -0.4 is 15.4 Å².